The molecule has 0 spiro atoms. The van der Waals surface area contributed by atoms with Gasteiger partial charge in [-0.1, -0.05) is 19.9 Å². The third-order valence-electron chi connectivity index (χ3n) is 5.78. The van der Waals surface area contributed by atoms with Crippen LogP contribution in [0.15, 0.2) is 12.2 Å². The highest BCUT2D eigenvalue weighted by molar-refractivity contribution is 5.87. The van der Waals surface area contributed by atoms with Gasteiger partial charge in [0.2, 0.25) is 0 Å². The summed E-state index contributed by atoms with van der Waals surface area (Å²) < 4.78 is 5.70. The summed E-state index contributed by atoms with van der Waals surface area (Å²) in [7, 11) is 0. The van der Waals surface area contributed by atoms with Crippen molar-refractivity contribution in [1.29, 1.82) is 0 Å². The van der Waals surface area contributed by atoms with Gasteiger partial charge in [0.05, 0.1) is 0 Å². The van der Waals surface area contributed by atoms with Crippen LogP contribution in [0.3, 0.4) is 0 Å². The van der Waals surface area contributed by atoms with E-state index < -0.39 is 0 Å². The Morgan fingerprint density at radius 1 is 1.13 bits per heavy atom. The summed E-state index contributed by atoms with van der Waals surface area (Å²) in [6, 6.07) is 0. The van der Waals surface area contributed by atoms with Gasteiger partial charge in [-0.25, -0.2) is 4.79 Å². The number of carbonyl (C=O) groups is 2. The predicted molar refractivity (Wildman–Crippen MR) is 92.0 cm³/mol. The predicted octanol–water partition coefficient (Wildman–Crippen LogP) is 4.84. The van der Waals surface area contributed by atoms with Crippen molar-refractivity contribution < 1.29 is 14.3 Å². The van der Waals surface area contributed by atoms with Crippen LogP contribution < -0.4 is 0 Å². The summed E-state index contributed by atoms with van der Waals surface area (Å²) in [4.78, 5) is 23.3. The summed E-state index contributed by atoms with van der Waals surface area (Å²) in [5.41, 5.74) is 0.492. The SMILES string of the molecule is C=C(C)C(=O)OC(CCC)C1CCC(C2CCC(=O)CC2)CC1. The third-order valence-corrected chi connectivity index (χ3v) is 5.78. The van der Waals surface area contributed by atoms with Crippen LogP contribution in [-0.4, -0.2) is 17.9 Å². The Bertz CT molecular complexity index is 422. The van der Waals surface area contributed by atoms with Crippen LogP contribution in [0.25, 0.3) is 0 Å². The number of ketones is 1. The normalized spacial score (nSPS) is 27.5. The van der Waals surface area contributed by atoms with E-state index in [1.54, 1.807) is 6.92 Å². The number of hydrogen-bond acceptors (Lipinski definition) is 3. The summed E-state index contributed by atoms with van der Waals surface area (Å²) in [5, 5.41) is 0. The Balaban J connectivity index is 1.84. The van der Waals surface area contributed by atoms with E-state index in [2.05, 4.69) is 13.5 Å². The van der Waals surface area contributed by atoms with E-state index in [1.807, 2.05) is 0 Å². The van der Waals surface area contributed by atoms with Crippen molar-refractivity contribution >= 4 is 11.8 Å². The molecule has 2 saturated carbocycles. The zero-order valence-corrected chi connectivity index (χ0v) is 14.8. The fourth-order valence-corrected chi connectivity index (χ4v) is 4.34. The molecular weight excluding hydrogens is 288 g/mol. The quantitative estimate of drug-likeness (QED) is 0.519. The molecule has 3 heteroatoms. The Kier molecular flexibility index (Phi) is 6.86. The first-order valence-corrected chi connectivity index (χ1v) is 9.39. The van der Waals surface area contributed by atoms with Crippen molar-refractivity contribution in [3.63, 3.8) is 0 Å². The summed E-state index contributed by atoms with van der Waals surface area (Å²) >= 11 is 0. The Morgan fingerprint density at radius 2 is 1.70 bits per heavy atom. The fraction of sp³-hybridized carbons (Fsp3) is 0.800. The van der Waals surface area contributed by atoms with Crippen LogP contribution in [0, 0.1) is 17.8 Å². The topological polar surface area (TPSA) is 43.4 Å². The van der Waals surface area contributed by atoms with Crippen molar-refractivity contribution in [2.24, 2.45) is 17.8 Å². The minimum absolute atomic E-state index is 0.0538. The first-order chi connectivity index (χ1) is 11.0. The number of hydrogen-bond donors (Lipinski definition) is 0. The first-order valence-electron chi connectivity index (χ1n) is 9.39. The molecule has 1 atom stereocenters. The van der Waals surface area contributed by atoms with Gasteiger partial charge in [-0.3, -0.25) is 4.79 Å². The standard InChI is InChI=1S/C20H32O3/c1-4-5-19(23-20(22)14(2)3)17-8-6-15(7-9-17)16-10-12-18(21)13-11-16/h15-17,19H,2,4-13H2,1,3H3. The average Bonchev–Trinajstić information content (AvgIpc) is 2.55. The van der Waals surface area contributed by atoms with Crippen LogP contribution in [-0.2, 0) is 14.3 Å². The highest BCUT2D eigenvalue weighted by atomic mass is 16.5. The molecule has 0 saturated heterocycles. The first kappa shape index (κ1) is 18.2. The molecule has 0 heterocycles. The van der Waals surface area contributed by atoms with E-state index in [0.29, 0.717) is 17.3 Å². The van der Waals surface area contributed by atoms with Gasteiger partial charge in [-0.05, 0) is 69.6 Å². The van der Waals surface area contributed by atoms with Crippen LogP contribution >= 0.6 is 0 Å². The maximum Gasteiger partial charge on any atom is 0.333 e. The summed E-state index contributed by atoms with van der Waals surface area (Å²) in [5.74, 6) is 2.23. The molecule has 0 aromatic heterocycles. The second-order valence-corrected chi connectivity index (χ2v) is 7.56. The molecule has 0 aliphatic heterocycles. The molecule has 3 nitrogen and oxygen atoms in total. The van der Waals surface area contributed by atoms with Crippen molar-refractivity contribution in [3.8, 4) is 0 Å². The molecule has 0 N–H and O–H groups in total. The van der Waals surface area contributed by atoms with Gasteiger partial charge in [0, 0.05) is 18.4 Å². The lowest BCUT2D eigenvalue weighted by atomic mass is 9.69. The Labute approximate surface area is 140 Å². The summed E-state index contributed by atoms with van der Waals surface area (Å²) in [6.45, 7) is 7.55. The minimum Gasteiger partial charge on any atom is -0.459 e. The van der Waals surface area contributed by atoms with Gasteiger partial charge in [-0.15, -0.1) is 0 Å². The zero-order chi connectivity index (χ0) is 16.8. The molecule has 2 aliphatic rings. The lowest BCUT2D eigenvalue weighted by molar-refractivity contribution is -0.148. The minimum atomic E-state index is -0.239. The summed E-state index contributed by atoms with van der Waals surface area (Å²) in [6.07, 6.45) is 10.6. The maximum atomic E-state index is 11.9. The van der Waals surface area contributed by atoms with Gasteiger partial charge in [-0.2, -0.15) is 0 Å². The second-order valence-electron chi connectivity index (χ2n) is 7.56. The zero-order valence-electron chi connectivity index (χ0n) is 14.8. The van der Waals surface area contributed by atoms with Crippen molar-refractivity contribution in [2.45, 2.75) is 84.2 Å². The van der Waals surface area contributed by atoms with Gasteiger partial charge in [0.15, 0.2) is 0 Å². The Morgan fingerprint density at radius 3 is 2.22 bits per heavy atom. The van der Waals surface area contributed by atoms with Crippen LogP contribution in [0.2, 0.25) is 0 Å². The molecule has 1 unspecified atom stereocenters. The largest absolute Gasteiger partial charge is 0.459 e. The number of rotatable bonds is 6. The number of esters is 1. The molecular formula is C20H32O3. The molecule has 2 aliphatic carbocycles. The van der Waals surface area contributed by atoms with Crippen molar-refractivity contribution in [1.82, 2.24) is 0 Å². The molecule has 2 rings (SSSR count). The molecule has 0 aromatic rings. The van der Waals surface area contributed by atoms with Crippen LogP contribution in [0.1, 0.15) is 78.1 Å². The lowest BCUT2D eigenvalue weighted by Gasteiger charge is -2.38. The van der Waals surface area contributed by atoms with E-state index in [9.17, 15) is 9.59 Å². The van der Waals surface area contributed by atoms with E-state index in [-0.39, 0.29) is 12.1 Å². The van der Waals surface area contributed by atoms with Crippen LogP contribution in [0.5, 0.6) is 0 Å². The molecule has 130 valence electrons. The highest BCUT2D eigenvalue weighted by Gasteiger charge is 2.34. The van der Waals surface area contributed by atoms with Gasteiger partial charge in [0.1, 0.15) is 11.9 Å². The van der Waals surface area contributed by atoms with E-state index in [0.717, 1.165) is 63.2 Å². The maximum absolute atomic E-state index is 11.9. The average molecular weight is 320 g/mol. The fourth-order valence-electron chi connectivity index (χ4n) is 4.34. The number of ether oxygens (including phenoxy) is 1. The number of Topliss-reactive ketones (excluding diaryl/α,β-unsaturated/α-hetero) is 1. The van der Waals surface area contributed by atoms with Crippen molar-refractivity contribution in [3.05, 3.63) is 12.2 Å². The molecule has 0 bridgehead atoms. The number of carbonyl (C=O) groups excluding carboxylic acids is 2. The molecule has 0 amide bonds. The van der Waals surface area contributed by atoms with Crippen molar-refractivity contribution in [2.75, 3.05) is 0 Å². The lowest BCUT2D eigenvalue weighted by Crippen LogP contribution is -2.33. The third kappa shape index (κ3) is 5.19. The van der Waals surface area contributed by atoms with Crippen LogP contribution in [0.4, 0.5) is 0 Å². The smallest absolute Gasteiger partial charge is 0.333 e. The van der Waals surface area contributed by atoms with E-state index >= 15 is 0 Å². The van der Waals surface area contributed by atoms with Gasteiger partial charge >= 0.3 is 5.97 Å². The second kappa shape index (κ2) is 8.65. The molecule has 0 radical (unpaired) electrons. The van der Waals surface area contributed by atoms with E-state index in [1.165, 1.54) is 12.8 Å². The van der Waals surface area contributed by atoms with E-state index in [4.69, 9.17) is 4.74 Å². The van der Waals surface area contributed by atoms with Gasteiger partial charge in [0.25, 0.3) is 0 Å². The molecule has 2 fully saturated rings. The highest BCUT2D eigenvalue weighted by Crippen LogP contribution is 2.41. The molecule has 0 aromatic carbocycles. The Hall–Kier alpha value is -1.12. The monoisotopic (exact) mass is 320 g/mol. The van der Waals surface area contributed by atoms with Gasteiger partial charge < -0.3 is 4.74 Å². The molecule has 23 heavy (non-hydrogen) atoms.